The second-order valence-electron chi connectivity index (χ2n) is 6.47. The van der Waals surface area contributed by atoms with E-state index in [9.17, 15) is 9.59 Å². The van der Waals surface area contributed by atoms with Crippen molar-refractivity contribution in [1.29, 1.82) is 0 Å². The lowest BCUT2D eigenvalue weighted by Crippen LogP contribution is -2.44. The molecule has 1 aliphatic rings. The first-order chi connectivity index (χ1) is 10.5. The number of benzene rings is 1. The maximum absolute atomic E-state index is 11.3. The van der Waals surface area contributed by atoms with Crippen molar-refractivity contribution in [1.82, 2.24) is 5.32 Å². The van der Waals surface area contributed by atoms with E-state index >= 15 is 0 Å². The number of amides is 1. The first-order valence-corrected chi connectivity index (χ1v) is 7.82. The summed E-state index contributed by atoms with van der Waals surface area (Å²) >= 11 is 0. The molecule has 4 heteroatoms. The van der Waals surface area contributed by atoms with Crippen molar-refractivity contribution >= 4 is 12.2 Å². The zero-order valence-electron chi connectivity index (χ0n) is 13.8. The van der Waals surface area contributed by atoms with Gasteiger partial charge in [0.1, 0.15) is 6.29 Å². The molecule has 1 saturated heterocycles. The lowest BCUT2D eigenvalue weighted by atomic mass is 9.81. The van der Waals surface area contributed by atoms with Gasteiger partial charge >= 0.3 is 0 Å². The molecule has 1 aromatic rings. The van der Waals surface area contributed by atoms with Crippen LogP contribution >= 0.6 is 0 Å². The topological polar surface area (TPSA) is 55.4 Å². The van der Waals surface area contributed by atoms with Gasteiger partial charge in [-0.15, -0.1) is 0 Å². The Hall–Kier alpha value is -1.68. The zero-order chi connectivity index (χ0) is 16.4. The van der Waals surface area contributed by atoms with Crippen molar-refractivity contribution < 1.29 is 14.3 Å². The van der Waals surface area contributed by atoms with Crippen LogP contribution < -0.4 is 5.32 Å². The van der Waals surface area contributed by atoms with Crippen LogP contribution in [-0.4, -0.2) is 25.3 Å². The summed E-state index contributed by atoms with van der Waals surface area (Å²) in [6, 6.07) is 9.79. The summed E-state index contributed by atoms with van der Waals surface area (Å²) in [5.41, 5.74) is 0.427. The van der Waals surface area contributed by atoms with Crippen molar-refractivity contribution in [3.8, 4) is 0 Å². The van der Waals surface area contributed by atoms with Crippen LogP contribution in [0.4, 0.5) is 0 Å². The third-order valence-electron chi connectivity index (χ3n) is 3.21. The van der Waals surface area contributed by atoms with Gasteiger partial charge in [-0.1, -0.05) is 51.1 Å². The smallest absolute Gasteiger partial charge is 0.221 e. The van der Waals surface area contributed by atoms with Crippen LogP contribution in [0.5, 0.6) is 0 Å². The molecule has 22 heavy (non-hydrogen) atoms. The minimum absolute atomic E-state index is 0.0725. The molecule has 1 N–H and O–H groups in total. The maximum atomic E-state index is 11.3. The number of carbonyl (C=O) groups excluding carboxylic acids is 2. The zero-order valence-corrected chi connectivity index (χ0v) is 13.8. The van der Waals surface area contributed by atoms with Gasteiger partial charge < -0.3 is 14.8 Å². The standard InChI is InChI=1S/C14H17NO3.C4H10/c16-10-14(6-7-15-13(17)8-14)11-18-9-12-4-2-1-3-5-12;1-4(2)3/h1-5,10H,6-9,11H2,(H,15,17);4H,1-3H3. The molecule has 0 aliphatic carbocycles. The molecule has 1 heterocycles. The molecule has 2 rings (SSSR count). The molecular weight excluding hydrogens is 278 g/mol. The molecule has 0 bridgehead atoms. The molecule has 1 aromatic carbocycles. The van der Waals surface area contributed by atoms with Crippen LogP contribution in [0.15, 0.2) is 30.3 Å². The Balaban J connectivity index is 0.000000541. The van der Waals surface area contributed by atoms with Gasteiger partial charge in [0, 0.05) is 13.0 Å². The molecule has 4 nitrogen and oxygen atoms in total. The van der Waals surface area contributed by atoms with E-state index in [2.05, 4.69) is 26.1 Å². The minimum atomic E-state index is -0.642. The van der Waals surface area contributed by atoms with Crippen molar-refractivity contribution in [2.75, 3.05) is 13.2 Å². The quantitative estimate of drug-likeness (QED) is 0.851. The van der Waals surface area contributed by atoms with Crippen molar-refractivity contribution in [2.24, 2.45) is 11.3 Å². The molecule has 0 aromatic heterocycles. The van der Waals surface area contributed by atoms with Gasteiger partial charge in [0.15, 0.2) is 0 Å². The average Bonchev–Trinajstić information content (AvgIpc) is 2.48. The summed E-state index contributed by atoms with van der Waals surface area (Å²) < 4.78 is 5.59. The van der Waals surface area contributed by atoms with Crippen LogP contribution in [0.25, 0.3) is 0 Å². The lowest BCUT2D eigenvalue weighted by molar-refractivity contribution is -0.134. The summed E-state index contributed by atoms with van der Waals surface area (Å²) in [5, 5.41) is 2.73. The van der Waals surface area contributed by atoms with Crippen molar-refractivity contribution in [3.63, 3.8) is 0 Å². The number of hydrogen-bond donors (Lipinski definition) is 1. The molecule has 1 unspecified atom stereocenters. The molecule has 1 amide bonds. The Labute approximate surface area is 133 Å². The van der Waals surface area contributed by atoms with E-state index in [1.165, 1.54) is 0 Å². The summed E-state index contributed by atoms with van der Waals surface area (Å²) in [5.74, 6) is 0.761. The molecule has 1 aliphatic heterocycles. The van der Waals surface area contributed by atoms with E-state index < -0.39 is 5.41 Å². The molecule has 0 radical (unpaired) electrons. The number of hydrogen-bond acceptors (Lipinski definition) is 3. The second kappa shape index (κ2) is 9.36. The third kappa shape index (κ3) is 6.85. The van der Waals surface area contributed by atoms with E-state index in [1.807, 2.05) is 30.3 Å². The maximum Gasteiger partial charge on any atom is 0.221 e. The van der Waals surface area contributed by atoms with Gasteiger partial charge in [0.25, 0.3) is 0 Å². The predicted octanol–water partition coefficient (Wildman–Crippen LogP) is 2.96. The Morgan fingerprint density at radius 1 is 1.27 bits per heavy atom. The normalized spacial score (nSPS) is 20.8. The third-order valence-corrected chi connectivity index (χ3v) is 3.21. The van der Waals surface area contributed by atoms with E-state index in [1.54, 1.807) is 0 Å². The fourth-order valence-electron chi connectivity index (χ4n) is 2.13. The number of piperidine rings is 1. The number of aldehydes is 1. The van der Waals surface area contributed by atoms with E-state index in [-0.39, 0.29) is 12.3 Å². The van der Waals surface area contributed by atoms with E-state index in [4.69, 9.17) is 4.74 Å². The van der Waals surface area contributed by atoms with Crippen molar-refractivity contribution in [2.45, 2.75) is 40.2 Å². The van der Waals surface area contributed by atoms with Gasteiger partial charge in [-0.3, -0.25) is 4.79 Å². The fourth-order valence-corrected chi connectivity index (χ4v) is 2.13. The van der Waals surface area contributed by atoms with Gasteiger partial charge in [-0.2, -0.15) is 0 Å². The molecule has 1 atom stereocenters. The predicted molar refractivity (Wildman–Crippen MR) is 87.4 cm³/mol. The molecular formula is C18H27NO3. The Morgan fingerprint density at radius 3 is 2.45 bits per heavy atom. The van der Waals surface area contributed by atoms with Crippen LogP contribution in [0.3, 0.4) is 0 Å². The monoisotopic (exact) mass is 305 g/mol. The highest BCUT2D eigenvalue weighted by Gasteiger charge is 2.35. The van der Waals surface area contributed by atoms with E-state index in [0.29, 0.717) is 26.2 Å². The first-order valence-electron chi connectivity index (χ1n) is 7.82. The highest BCUT2D eigenvalue weighted by Crippen LogP contribution is 2.27. The van der Waals surface area contributed by atoms with Crippen molar-refractivity contribution in [3.05, 3.63) is 35.9 Å². The van der Waals surface area contributed by atoms with Gasteiger partial charge in [0.2, 0.25) is 5.91 Å². The largest absolute Gasteiger partial charge is 0.376 e. The number of carbonyl (C=O) groups is 2. The van der Waals surface area contributed by atoms with Gasteiger partial charge in [-0.25, -0.2) is 0 Å². The Bertz CT molecular complexity index is 456. The Morgan fingerprint density at radius 2 is 1.91 bits per heavy atom. The Kier molecular flexibility index (Phi) is 7.82. The van der Waals surface area contributed by atoms with E-state index in [0.717, 1.165) is 17.8 Å². The van der Waals surface area contributed by atoms with Crippen LogP contribution in [0, 0.1) is 11.3 Å². The van der Waals surface area contributed by atoms with Crippen LogP contribution in [-0.2, 0) is 20.9 Å². The molecule has 1 fully saturated rings. The summed E-state index contributed by atoms with van der Waals surface area (Å²) in [6.07, 6.45) is 1.75. The summed E-state index contributed by atoms with van der Waals surface area (Å²) in [4.78, 5) is 22.6. The minimum Gasteiger partial charge on any atom is -0.376 e. The molecule has 0 saturated carbocycles. The van der Waals surface area contributed by atoms with Crippen LogP contribution in [0.1, 0.15) is 39.2 Å². The summed E-state index contributed by atoms with van der Waals surface area (Å²) in [6.45, 7) is 7.82. The first kappa shape index (κ1) is 18.4. The summed E-state index contributed by atoms with van der Waals surface area (Å²) in [7, 11) is 0. The number of ether oxygens (including phenoxy) is 1. The molecule has 122 valence electrons. The number of rotatable bonds is 5. The highest BCUT2D eigenvalue weighted by atomic mass is 16.5. The van der Waals surface area contributed by atoms with Gasteiger partial charge in [-0.05, 0) is 17.9 Å². The number of nitrogens with one attached hydrogen (secondary N) is 1. The fraction of sp³-hybridized carbons (Fsp3) is 0.556. The van der Waals surface area contributed by atoms with Gasteiger partial charge in [0.05, 0.1) is 18.6 Å². The molecule has 0 spiro atoms. The average molecular weight is 305 g/mol. The SMILES string of the molecule is CC(C)C.O=CC1(COCc2ccccc2)CCNC(=O)C1. The highest BCUT2D eigenvalue weighted by molar-refractivity contribution is 5.82. The second-order valence-corrected chi connectivity index (χ2v) is 6.47. The lowest BCUT2D eigenvalue weighted by Gasteiger charge is -2.31. The van der Waals surface area contributed by atoms with Crippen LogP contribution in [0.2, 0.25) is 0 Å².